The summed E-state index contributed by atoms with van der Waals surface area (Å²) in [5.41, 5.74) is 0.646. The number of carbonyl (C=O) groups excluding carboxylic acids is 2. The van der Waals surface area contributed by atoms with E-state index in [0.717, 1.165) is 0 Å². The van der Waals surface area contributed by atoms with E-state index in [-0.39, 0.29) is 30.2 Å². The van der Waals surface area contributed by atoms with Crippen LogP contribution in [0.2, 0.25) is 0 Å². The summed E-state index contributed by atoms with van der Waals surface area (Å²) in [6.45, 7) is 2.40. The van der Waals surface area contributed by atoms with E-state index in [1.807, 2.05) is 6.92 Å². The van der Waals surface area contributed by atoms with Gasteiger partial charge in [0.1, 0.15) is 11.5 Å². The van der Waals surface area contributed by atoms with Gasteiger partial charge in [-0.15, -0.1) is 0 Å². The molecule has 0 spiro atoms. The van der Waals surface area contributed by atoms with Crippen molar-refractivity contribution in [1.29, 1.82) is 0 Å². The van der Waals surface area contributed by atoms with Crippen LogP contribution in [0.3, 0.4) is 0 Å². The average molecular weight is 332 g/mol. The Bertz CT molecular complexity index is 642. The van der Waals surface area contributed by atoms with E-state index in [1.165, 1.54) is 12.8 Å². The molecule has 1 aromatic rings. The first-order valence-corrected chi connectivity index (χ1v) is 8.36. The molecule has 1 saturated heterocycles. The second-order valence-electron chi connectivity index (χ2n) is 6.58. The maximum Gasteiger partial charge on any atom is 0.227 e. The summed E-state index contributed by atoms with van der Waals surface area (Å²) < 4.78 is 10.6. The quantitative estimate of drug-likeness (QED) is 0.865. The van der Waals surface area contributed by atoms with Crippen molar-refractivity contribution >= 4 is 17.5 Å². The molecule has 2 amide bonds. The number of nitrogens with zero attached hydrogens (tertiary/aromatic N) is 1. The Balaban J connectivity index is 1.73. The topological polar surface area (TPSA) is 67.9 Å². The zero-order valence-corrected chi connectivity index (χ0v) is 14.4. The highest BCUT2D eigenvalue weighted by atomic mass is 16.5. The maximum absolute atomic E-state index is 12.4. The van der Waals surface area contributed by atoms with Crippen molar-refractivity contribution in [2.75, 3.05) is 25.7 Å². The van der Waals surface area contributed by atoms with Crippen LogP contribution in [0, 0.1) is 11.8 Å². The van der Waals surface area contributed by atoms with E-state index in [0.29, 0.717) is 29.6 Å². The Kier molecular flexibility index (Phi) is 4.64. The SMILES string of the molecule is COc1ccc(OC)c(N2C[C@H](C(=O)N[C@@H](C)C3CC3)CC2=O)c1. The third-order valence-electron chi connectivity index (χ3n) is 4.87. The average Bonchev–Trinajstić information content (AvgIpc) is 3.36. The van der Waals surface area contributed by atoms with Gasteiger partial charge in [-0.3, -0.25) is 9.59 Å². The molecule has 2 atom stereocenters. The van der Waals surface area contributed by atoms with Crippen LogP contribution in [-0.2, 0) is 9.59 Å². The van der Waals surface area contributed by atoms with Crippen LogP contribution in [-0.4, -0.2) is 38.6 Å². The van der Waals surface area contributed by atoms with Crippen LogP contribution in [0.25, 0.3) is 0 Å². The summed E-state index contributed by atoms with van der Waals surface area (Å²) in [6, 6.07) is 5.51. The molecule has 0 unspecified atom stereocenters. The largest absolute Gasteiger partial charge is 0.497 e. The van der Waals surface area contributed by atoms with E-state index in [2.05, 4.69) is 5.32 Å². The molecule has 6 nitrogen and oxygen atoms in total. The highest BCUT2D eigenvalue weighted by Gasteiger charge is 2.38. The number of hydrogen-bond acceptors (Lipinski definition) is 4. The van der Waals surface area contributed by atoms with Gasteiger partial charge in [0.2, 0.25) is 11.8 Å². The highest BCUT2D eigenvalue weighted by molar-refractivity contribution is 6.01. The summed E-state index contributed by atoms with van der Waals surface area (Å²) in [5.74, 6) is 1.41. The fourth-order valence-corrected chi connectivity index (χ4v) is 3.18. The van der Waals surface area contributed by atoms with E-state index < -0.39 is 0 Å². The first-order chi connectivity index (χ1) is 11.5. The molecular weight excluding hydrogens is 308 g/mol. The van der Waals surface area contributed by atoms with Gasteiger partial charge in [-0.25, -0.2) is 0 Å². The van der Waals surface area contributed by atoms with Crippen LogP contribution >= 0.6 is 0 Å². The van der Waals surface area contributed by atoms with Crippen molar-refractivity contribution in [3.8, 4) is 11.5 Å². The van der Waals surface area contributed by atoms with E-state index in [4.69, 9.17) is 9.47 Å². The van der Waals surface area contributed by atoms with Crippen LogP contribution in [0.4, 0.5) is 5.69 Å². The van der Waals surface area contributed by atoms with Gasteiger partial charge in [-0.1, -0.05) is 0 Å². The Labute approximate surface area is 142 Å². The van der Waals surface area contributed by atoms with Gasteiger partial charge < -0.3 is 19.7 Å². The second kappa shape index (κ2) is 6.71. The van der Waals surface area contributed by atoms with Crippen molar-refractivity contribution in [2.45, 2.75) is 32.2 Å². The number of rotatable bonds is 6. The summed E-state index contributed by atoms with van der Waals surface area (Å²) >= 11 is 0. The Morgan fingerprint density at radius 1 is 1.29 bits per heavy atom. The number of hydrogen-bond donors (Lipinski definition) is 1. The van der Waals surface area contributed by atoms with Gasteiger partial charge in [0.05, 0.1) is 25.8 Å². The molecule has 1 saturated carbocycles. The Morgan fingerprint density at radius 3 is 2.67 bits per heavy atom. The number of amides is 2. The minimum Gasteiger partial charge on any atom is -0.497 e. The van der Waals surface area contributed by atoms with Crippen LogP contribution in [0.15, 0.2) is 18.2 Å². The van der Waals surface area contributed by atoms with Crippen LogP contribution < -0.4 is 19.7 Å². The smallest absolute Gasteiger partial charge is 0.227 e. The predicted molar refractivity (Wildman–Crippen MR) is 90.3 cm³/mol. The van der Waals surface area contributed by atoms with E-state index in [1.54, 1.807) is 37.3 Å². The number of methoxy groups -OCH3 is 2. The molecule has 130 valence electrons. The normalized spacial score (nSPS) is 21.5. The number of anilines is 1. The van der Waals surface area contributed by atoms with Gasteiger partial charge in [-0.05, 0) is 37.8 Å². The number of ether oxygens (including phenoxy) is 2. The van der Waals surface area contributed by atoms with Crippen molar-refractivity contribution in [2.24, 2.45) is 11.8 Å². The summed E-state index contributed by atoms with van der Waals surface area (Å²) in [4.78, 5) is 26.5. The molecule has 24 heavy (non-hydrogen) atoms. The van der Waals surface area contributed by atoms with Gasteiger partial charge in [0.25, 0.3) is 0 Å². The third-order valence-corrected chi connectivity index (χ3v) is 4.87. The zero-order valence-electron chi connectivity index (χ0n) is 14.4. The van der Waals surface area contributed by atoms with Crippen molar-refractivity contribution in [3.05, 3.63) is 18.2 Å². The van der Waals surface area contributed by atoms with Gasteiger partial charge in [0, 0.05) is 25.1 Å². The van der Waals surface area contributed by atoms with Crippen molar-refractivity contribution < 1.29 is 19.1 Å². The highest BCUT2D eigenvalue weighted by Crippen LogP contribution is 2.36. The Hall–Kier alpha value is -2.24. The lowest BCUT2D eigenvalue weighted by Crippen LogP contribution is -2.39. The van der Waals surface area contributed by atoms with Crippen molar-refractivity contribution in [3.63, 3.8) is 0 Å². The molecular formula is C18H24N2O4. The minimum absolute atomic E-state index is 0.0351. The summed E-state index contributed by atoms with van der Waals surface area (Å²) in [5, 5.41) is 3.05. The molecule has 0 radical (unpaired) electrons. The fourth-order valence-electron chi connectivity index (χ4n) is 3.18. The van der Waals surface area contributed by atoms with E-state index >= 15 is 0 Å². The van der Waals surface area contributed by atoms with Gasteiger partial charge >= 0.3 is 0 Å². The molecule has 2 aliphatic rings. The minimum atomic E-state index is -0.324. The first kappa shape index (κ1) is 16.6. The molecule has 1 heterocycles. The number of benzene rings is 1. The lowest BCUT2D eigenvalue weighted by atomic mass is 10.1. The Morgan fingerprint density at radius 2 is 2.04 bits per heavy atom. The van der Waals surface area contributed by atoms with Gasteiger partial charge in [0.15, 0.2) is 0 Å². The molecule has 1 aliphatic heterocycles. The van der Waals surface area contributed by atoms with Crippen molar-refractivity contribution in [1.82, 2.24) is 5.32 Å². The zero-order chi connectivity index (χ0) is 17.3. The molecule has 2 fully saturated rings. The van der Waals surface area contributed by atoms with E-state index in [9.17, 15) is 9.59 Å². The standard InChI is InChI=1S/C18H24N2O4/c1-11(12-4-5-12)19-18(22)13-8-17(21)20(10-13)15-9-14(23-2)6-7-16(15)24-3/h6-7,9,11-13H,4-5,8,10H2,1-3H3,(H,19,22)/t11-,13+/m0/s1. The van der Waals surface area contributed by atoms with Gasteiger partial charge in [-0.2, -0.15) is 0 Å². The molecule has 3 rings (SSSR count). The molecule has 1 aliphatic carbocycles. The molecule has 1 aromatic carbocycles. The van der Waals surface area contributed by atoms with Crippen LogP contribution in [0.1, 0.15) is 26.2 Å². The molecule has 1 N–H and O–H groups in total. The number of carbonyl (C=O) groups is 2. The van der Waals surface area contributed by atoms with Crippen LogP contribution in [0.5, 0.6) is 11.5 Å². The number of nitrogens with one attached hydrogen (secondary N) is 1. The summed E-state index contributed by atoms with van der Waals surface area (Å²) in [6.07, 6.45) is 2.58. The summed E-state index contributed by atoms with van der Waals surface area (Å²) in [7, 11) is 3.14. The first-order valence-electron chi connectivity index (χ1n) is 8.36. The maximum atomic E-state index is 12.4. The molecule has 0 aromatic heterocycles. The molecule has 0 bridgehead atoms. The third kappa shape index (κ3) is 3.32. The predicted octanol–water partition coefficient (Wildman–Crippen LogP) is 1.97. The lowest BCUT2D eigenvalue weighted by molar-refractivity contribution is -0.127. The second-order valence-corrected chi connectivity index (χ2v) is 6.58. The molecule has 6 heteroatoms. The fraction of sp³-hybridized carbons (Fsp3) is 0.556. The lowest BCUT2D eigenvalue weighted by Gasteiger charge is -2.21. The monoisotopic (exact) mass is 332 g/mol.